The second kappa shape index (κ2) is 11.1. The third kappa shape index (κ3) is 5.38. The summed E-state index contributed by atoms with van der Waals surface area (Å²) in [5, 5.41) is 0. The van der Waals surface area contributed by atoms with Gasteiger partial charge in [0, 0.05) is 12.5 Å². The monoisotopic (exact) mass is 584 g/mol. The van der Waals surface area contributed by atoms with Gasteiger partial charge >= 0.3 is 0 Å². The molecule has 1 aliphatic rings. The normalized spacial score (nSPS) is 17.9. The van der Waals surface area contributed by atoms with Crippen LogP contribution in [0, 0.1) is 19.8 Å². The second-order valence-corrected chi connectivity index (χ2v) is 13.9. The van der Waals surface area contributed by atoms with Crippen molar-refractivity contribution in [2.75, 3.05) is 10.8 Å². The molecule has 0 aliphatic carbocycles. The van der Waals surface area contributed by atoms with Gasteiger partial charge in [-0.2, -0.15) is 4.31 Å². The highest BCUT2D eigenvalue weighted by atomic mass is 32.2. The number of aryl methyl sites for hydroxylation is 2. The van der Waals surface area contributed by atoms with Crippen molar-refractivity contribution in [2.45, 2.75) is 29.8 Å². The molecule has 8 heteroatoms. The molecule has 0 bridgehead atoms. The van der Waals surface area contributed by atoms with Crippen LogP contribution in [0.1, 0.15) is 16.7 Å². The maximum Gasteiger partial charge on any atom is 0.265 e. The summed E-state index contributed by atoms with van der Waals surface area (Å²) in [7, 11) is -8.41. The molecule has 0 N–H and O–H groups in total. The molecule has 2 atom stereocenters. The van der Waals surface area contributed by atoms with Crippen LogP contribution in [0.5, 0.6) is 0 Å². The second-order valence-electron chi connectivity index (χ2n) is 10.2. The van der Waals surface area contributed by atoms with Gasteiger partial charge in [0.05, 0.1) is 15.5 Å². The summed E-state index contributed by atoms with van der Waals surface area (Å²) in [6.07, 6.45) is -1.24. The fraction of sp³-hybridized carbons (Fsp3) is 0.152. The van der Waals surface area contributed by atoms with Crippen LogP contribution in [-0.2, 0) is 20.0 Å². The van der Waals surface area contributed by atoms with Crippen molar-refractivity contribution < 1.29 is 16.8 Å². The van der Waals surface area contributed by atoms with Crippen LogP contribution in [0.15, 0.2) is 138 Å². The molecule has 5 rings (SSSR count). The van der Waals surface area contributed by atoms with E-state index in [-0.39, 0.29) is 16.3 Å². The first-order valence-corrected chi connectivity index (χ1v) is 16.1. The molecule has 4 aromatic rings. The zero-order valence-electron chi connectivity index (χ0n) is 23.0. The maximum atomic E-state index is 14.4. The Bertz CT molecular complexity index is 1790. The summed E-state index contributed by atoms with van der Waals surface area (Å²) in [6.45, 7) is 12.4. The molecule has 0 amide bonds. The molecule has 41 heavy (non-hydrogen) atoms. The van der Waals surface area contributed by atoms with E-state index in [9.17, 15) is 16.8 Å². The van der Waals surface area contributed by atoms with Crippen LogP contribution in [0.3, 0.4) is 0 Å². The average Bonchev–Trinajstić information content (AvgIpc) is 3.31. The van der Waals surface area contributed by atoms with Gasteiger partial charge in [-0.1, -0.05) is 97.1 Å². The molecule has 4 aromatic carbocycles. The first-order valence-electron chi connectivity index (χ1n) is 13.2. The van der Waals surface area contributed by atoms with Gasteiger partial charge in [-0.15, -0.1) is 0 Å². The van der Waals surface area contributed by atoms with Crippen molar-refractivity contribution in [1.29, 1.82) is 0 Å². The fourth-order valence-corrected chi connectivity index (χ4v) is 8.37. The average molecular weight is 585 g/mol. The van der Waals surface area contributed by atoms with Crippen LogP contribution in [0.2, 0.25) is 0 Å². The van der Waals surface area contributed by atoms with Crippen LogP contribution >= 0.6 is 0 Å². The number of nitrogens with zero attached hydrogens (tertiary/aromatic N) is 2. The van der Waals surface area contributed by atoms with Gasteiger partial charge in [0.25, 0.3) is 10.0 Å². The summed E-state index contributed by atoms with van der Waals surface area (Å²) < 4.78 is 59.8. The van der Waals surface area contributed by atoms with E-state index in [1.807, 2.05) is 44.2 Å². The van der Waals surface area contributed by atoms with E-state index in [4.69, 9.17) is 0 Å². The molecule has 1 aliphatic heterocycles. The topological polar surface area (TPSA) is 74.8 Å². The van der Waals surface area contributed by atoms with Gasteiger partial charge in [0.2, 0.25) is 10.0 Å². The van der Waals surface area contributed by atoms with Gasteiger partial charge in [-0.05, 0) is 67.0 Å². The minimum absolute atomic E-state index is 0.0137. The Morgan fingerprint density at radius 3 is 1.76 bits per heavy atom. The Kier molecular flexibility index (Phi) is 7.74. The standard InChI is InChI=1S/C33H32N2O4S2/c1-24-15-19-30(20-16-24)40(36,37)34-23-32(26(3)28-11-7-5-8-12-28)27(4)33(34)35(29-13-9-6-10-14-29)41(38,39)31-21-17-25(2)18-22-31/h5-22,32-33H,3-4,23H2,1-2H3/t32-,33-/m0/s1. The van der Waals surface area contributed by atoms with Crippen molar-refractivity contribution in [1.82, 2.24) is 4.31 Å². The molecule has 0 spiro atoms. The maximum absolute atomic E-state index is 14.4. The molecular formula is C33H32N2O4S2. The highest BCUT2D eigenvalue weighted by Crippen LogP contribution is 2.44. The lowest BCUT2D eigenvalue weighted by Crippen LogP contribution is -2.50. The SMILES string of the molecule is C=C(c1ccccc1)[C@@H]1CN(S(=O)(=O)c2ccc(C)cc2)[C@@H](N(c2ccccc2)S(=O)(=O)c2ccc(C)cc2)C1=C. The molecule has 210 valence electrons. The van der Waals surface area contributed by atoms with Crippen LogP contribution in [-0.4, -0.2) is 33.9 Å². The Labute approximate surface area is 243 Å². The van der Waals surface area contributed by atoms with Gasteiger partial charge in [0.1, 0.15) is 6.17 Å². The molecule has 1 saturated heterocycles. The molecule has 0 radical (unpaired) electrons. The lowest BCUT2D eigenvalue weighted by molar-refractivity contribution is 0.408. The Morgan fingerprint density at radius 1 is 0.732 bits per heavy atom. The molecule has 1 heterocycles. The van der Waals surface area contributed by atoms with Crippen LogP contribution < -0.4 is 4.31 Å². The van der Waals surface area contributed by atoms with Gasteiger partial charge < -0.3 is 0 Å². The summed E-state index contributed by atoms with van der Waals surface area (Å²) >= 11 is 0. The summed E-state index contributed by atoms with van der Waals surface area (Å²) in [6, 6.07) is 31.1. The van der Waals surface area contributed by atoms with E-state index in [1.54, 1.807) is 66.7 Å². The minimum atomic E-state index is -4.25. The van der Waals surface area contributed by atoms with E-state index in [0.717, 1.165) is 16.7 Å². The van der Waals surface area contributed by atoms with Crippen molar-refractivity contribution >= 4 is 31.3 Å². The Hall–Kier alpha value is -3.98. The van der Waals surface area contributed by atoms with Gasteiger partial charge in [0.15, 0.2) is 0 Å². The van der Waals surface area contributed by atoms with Gasteiger partial charge in [-0.25, -0.2) is 21.1 Å². The fourth-order valence-electron chi connectivity index (χ4n) is 5.10. The number of sulfonamides is 2. The number of hydrogen-bond acceptors (Lipinski definition) is 4. The first kappa shape index (κ1) is 28.5. The van der Waals surface area contributed by atoms with Crippen LogP contribution in [0.4, 0.5) is 5.69 Å². The lowest BCUT2D eigenvalue weighted by atomic mass is 9.90. The first-order chi connectivity index (χ1) is 19.5. The van der Waals surface area contributed by atoms with Crippen molar-refractivity contribution in [3.05, 3.63) is 145 Å². The number of para-hydroxylation sites is 1. The highest BCUT2D eigenvalue weighted by Gasteiger charge is 2.50. The zero-order valence-corrected chi connectivity index (χ0v) is 24.6. The van der Waals surface area contributed by atoms with E-state index < -0.39 is 32.1 Å². The number of rotatable bonds is 8. The third-order valence-electron chi connectivity index (χ3n) is 7.42. The van der Waals surface area contributed by atoms with Gasteiger partial charge in [-0.3, -0.25) is 0 Å². The molecule has 0 saturated carbocycles. The molecule has 0 unspecified atom stereocenters. The zero-order chi connectivity index (χ0) is 29.4. The Balaban J connectivity index is 1.71. The molecule has 6 nitrogen and oxygen atoms in total. The van der Waals surface area contributed by atoms with Crippen LogP contribution in [0.25, 0.3) is 5.57 Å². The third-order valence-corrected chi connectivity index (χ3v) is 11.0. The molecule has 0 aromatic heterocycles. The number of anilines is 1. The van der Waals surface area contributed by atoms with E-state index in [1.165, 1.54) is 20.7 Å². The smallest absolute Gasteiger partial charge is 0.244 e. The number of hydrogen-bond donors (Lipinski definition) is 0. The Morgan fingerprint density at radius 2 is 1.22 bits per heavy atom. The van der Waals surface area contributed by atoms with Crippen molar-refractivity contribution in [3.8, 4) is 0 Å². The minimum Gasteiger partial charge on any atom is -0.244 e. The summed E-state index contributed by atoms with van der Waals surface area (Å²) in [4.78, 5) is 0.130. The highest BCUT2D eigenvalue weighted by molar-refractivity contribution is 7.93. The van der Waals surface area contributed by atoms with Crippen molar-refractivity contribution in [2.24, 2.45) is 5.92 Å². The summed E-state index contributed by atoms with van der Waals surface area (Å²) in [5.41, 5.74) is 4.07. The lowest BCUT2D eigenvalue weighted by Gasteiger charge is -2.36. The van der Waals surface area contributed by atoms with Crippen molar-refractivity contribution in [3.63, 3.8) is 0 Å². The largest absolute Gasteiger partial charge is 0.265 e. The molecule has 1 fully saturated rings. The predicted octanol–water partition coefficient (Wildman–Crippen LogP) is 6.42. The van der Waals surface area contributed by atoms with E-state index in [0.29, 0.717) is 16.8 Å². The van der Waals surface area contributed by atoms with E-state index >= 15 is 0 Å². The predicted molar refractivity (Wildman–Crippen MR) is 164 cm³/mol. The van der Waals surface area contributed by atoms with E-state index in [2.05, 4.69) is 13.2 Å². The summed E-state index contributed by atoms with van der Waals surface area (Å²) in [5.74, 6) is -0.526. The molecular weight excluding hydrogens is 553 g/mol. The number of benzene rings is 4. The quantitative estimate of drug-likeness (QED) is 0.224.